The first kappa shape index (κ1) is 22.2. The zero-order valence-electron chi connectivity index (χ0n) is 20.5. The topological polar surface area (TPSA) is 58.0 Å². The highest BCUT2D eigenvalue weighted by Crippen LogP contribution is 2.47. The summed E-state index contributed by atoms with van der Waals surface area (Å²) in [5, 5.41) is 3.55. The van der Waals surface area contributed by atoms with E-state index in [0.717, 1.165) is 59.9 Å². The number of nitrogens with zero attached hydrogens (tertiary/aromatic N) is 2. The summed E-state index contributed by atoms with van der Waals surface area (Å²) in [4.78, 5) is 18.2. The summed E-state index contributed by atoms with van der Waals surface area (Å²) in [6, 6.07) is 14.8. The maximum Gasteiger partial charge on any atom is 0.254 e. The highest BCUT2D eigenvalue weighted by Gasteiger charge is 2.42. The van der Waals surface area contributed by atoms with Crippen LogP contribution in [0.25, 0.3) is 0 Å². The first-order valence-electron chi connectivity index (χ1n) is 12.9. The molecule has 0 aliphatic carbocycles. The standard InChI is InChI=1S/C29H33N3O3/c1-3-31(4-2)29(33)23-16-28-25(30-24-7-5-6-8-27(24)35-28)15-22(23)21-14-20-9-11-32(17-21)26(20)13-19-10-12-34-18-19/h5-8,10,12,15-16,18,20-21,26,30H,3-4,9,11,13-14,17H2,1-2H3. The summed E-state index contributed by atoms with van der Waals surface area (Å²) in [6.07, 6.45) is 7.01. The molecule has 2 aromatic carbocycles. The minimum Gasteiger partial charge on any atom is -0.472 e. The van der Waals surface area contributed by atoms with Crippen molar-refractivity contribution in [2.75, 3.05) is 31.5 Å². The Morgan fingerprint density at radius 1 is 1.11 bits per heavy atom. The fraction of sp³-hybridized carbons (Fsp3) is 0.414. The Kier molecular flexibility index (Phi) is 5.77. The highest BCUT2D eigenvalue weighted by molar-refractivity contribution is 5.98. The lowest BCUT2D eigenvalue weighted by molar-refractivity contribution is 0.0769. The van der Waals surface area contributed by atoms with Crippen molar-refractivity contribution in [3.63, 3.8) is 0 Å². The molecule has 2 saturated heterocycles. The maximum absolute atomic E-state index is 13.7. The molecular formula is C29H33N3O3. The predicted octanol–water partition coefficient (Wildman–Crippen LogP) is 6.03. The molecule has 0 spiro atoms. The van der Waals surface area contributed by atoms with E-state index in [-0.39, 0.29) is 5.91 Å². The predicted molar refractivity (Wildman–Crippen MR) is 137 cm³/mol. The first-order valence-corrected chi connectivity index (χ1v) is 12.9. The fourth-order valence-electron chi connectivity index (χ4n) is 6.29. The lowest BCUT2D eigenvalue weighted by Crippen LogP contribution is -2.43. The Labute approximate surface area is 206 Å². The molecule has 35 heavy (non-hydrogen) atoms. The second-order valence-electron chi connectivity index (χ2n) is 10.0. The Morgan fingerprint density at radius 2 is 1.97 bits per heavy atom. The van der Waals surface area contributed by atoms with Crippen LogP contribution in [0.2, 0.25) is 0 Å². The molecule has 4 unspecified atom stereocenters. The summed E-state index contributed by atoms with van der Waals surface area (Å²) in [6.45, 7) is 7.58. The lowest BCUT2D eigenvalue weighted by Gasteiger charge is -2.39. The van der Waals surface area contributed by atoms with Gasteiger partial charge in [-0.1, -0.05) is 12.1 Å². The van der Waals surface area contributed by atoms with Gasteiger partial charge in [0, 0.05) is 31.2 Å². The molecule has 4 heterocycles. The van der Waals surface area contributed by atoms with Crippen LogP contribution >= 0.6 is 0 Å². The molecule has 1 N–H and O–H groups in total. The molecule has 3 aliphatic heterocycles. The second kappa shape index (κ2) is 9.08. The molecule has 0 saturated carbocycles. The van der Waals surface area contributed by atoms with Gasteiger partial charge in [0.1, 0.15) is 0 Å². The van der Waals surface area contributed by atoms with E-state index in [1.165, 1.54) is 12.0 Å². The average Bonchev–Trinajstić information content (AvgIpc) is 3.47. The Hall–Kier alpha value is -3.25. The molecule has 3 aliphatic rings. The molecule has 2 fully saturated rings. The van der Waals surface area contributed by atoms with Crippen LogP contribution in [0.3, 0.4) is 0 Å². The van der Waals surface area contributed by atoms with E-state index in [1.807, 2.05) is 55.3 Å². The molecule has 6 nitrogen and oxygen atoms in total. The number of para-hydroxylation sites is 2. The number of carbonyl (C=O) groups excluding carboxylic acids is 1. The molecule has 4 atom stereocenters. The van der Waals surface area contributed by atoms with Crippen molar-refractivity contribution >= 4 is 17.3 Å². The van der Waals surface area contributed by atoms with Crippen LogP contribution in [0.5, 0.6) is 11.5 Å². The van der Waals surface area contributed by atoms with Crippen LogP contribution in [0.4, 0.5) is 11.4 Å². The molecule has 1 aromatic heterocycles. The molecular weight excluding hydrogens is 438 g/mol. The van der Waals surface area contributed by atoms with Crippen molar-refractivity contribution in [3.8, 4) is 11.5 Å². The third-order valence-corrected chi connectivity index (χ3v) is 8.12. The average molecular weight is 472 g/mol. The minimum absolute atomic E-state index is 0.0955. The van der Waals surface area contributed by atoms with Gasteiger partial charge in [-0.25, -0.2) is 0 Å². The first-order chi connectivity index (χ1) is 17.1. The van der Waals surface area contributed by atoms with Gasteiger partial charge in [0.2, 0.25) is 0 Å². The van der Waals surface area contributed by atoms with Crippen molar-refractivity contribution in [2.24, 2.45) is 5.92 Å². The number of nitrogens with one attached hydrogen (secondary N) is 1. The summed E-state index contributed by atoms with van der Waals surface area (Å²) in [7, 11) is 0. The van der Waals surface area contributed by atoms with Gasteiger partial charge in [0.15, 0.2) is 11.5 Å². The largest absolute Gasteiger partial charge is 0.472 e. The van der Waals surface area contributed by atoms with Gasteiger partial charge in [0.05, 0.1) is 23.9 Å². The van der Waals surface area contributed by atoms with Gasteiger partial charge in [-0.05, 0) is 92.9 Å². The number of ether oxygens (including phenoxy) is 1. The maximum atomic E-state index is 13.7. The minimum atomic E-state index is 0.0955. The Bertz CT molecular complexity index is 1200. The number of amides is 1. The number of furan rings is 1. The number of rotatable bonds is 6. The van der Waals surface area contributed by atoms with Gasteiger partial charge >= 0.3 is 0 Å². The molecule has 3 aromatic rings. The van der Waals surface area contributed by atoms with Crippen molar-refractivity contribution in [3.05, 3.63) is 71.7 Å². The number of hydrogen-bond donors (Lipinski definition) is 1. The van der Waals surface area contributed by atoms with Crippen molar-refractivity contribution in [1.29, 1.82) is 0 Å². The van der Waals surface area contributed by atoms with Gasteiger partial charge in [-0.3, -0.25) is 9.69 Å². The van der Waals surface area contributed by atoms with E-state index in [9.17, 15) is 4.79 Å². The number of hydrogen-bond acceptors (Lipinski definition) is 5. The zero-order chi connectivity index (χ0) is 23.9. The lowest BCUT2D eigenvalue weighted by atomic mass is 9.78. The van der Waals surface area contributed by atoms with Crippen LogP contribution in [-0.2, 0) is 6.42 Å². The number of anilines is 2. The molecule has 6 rings (SSSR count). The zero-order valence-corrected chi connectivity index (χ0v) is 20.5. The molecule has 0 radical (unpaired) electrons. The smallest absolute Gasteiger partial charge is 0.254 e. The van der Waals surface area contributed by atoms with Crippen LogP contribution < -0.4 is 10.1 Å². The molecule has 1 amide bonds. The van der Waals surface area contributed by atoms with E-state index >= 15 is 0 Å². The van der Waals surface area contributed by atoms with Crippen molar-refractivity contribution < 1.29 is 13.9 Å². The number of piperidine rings is 1. The van der Waals surface area contributed by atoms with E-state index in [0.29, 0.717) is 31.0 Å². The number of benzene rings is 2. The van der Waals surface area contributed by atoms with E-state index < -0.39 is 0 Å². The SMILES string of the molecule is CCN(CC)C(=O)c1cc2c(cc1C1CC3CCN(C1)C3Cc1ccoc1)Nc1ccccc1O2. The Morgan fingerprint density at radius 3 is 2.74 bits per heavy atom. The summed E-state index contributed by atoms with van der Waals surface area (Å²) >= 11 is 0. The van der Waals surface area contributed by atoms with Crippen LogP contribution in [-0.4, -0.2) is 47.9 Å². The number of carbonyl (C=O) groups is 1. The quantitative estimate of drug-likeness (QED) is 0.372. The van der Waals surface area contributed by atoms with Crippen LogP contribution in [0.1, 0.15) is 54.1 Å². The number of fused-ring (bicyclic) bond motifs is 4. The molecule has 182 valence electrons. The second-order valence-corrected chi connectivity index (χ2v) is 10.0. The normalized spacial score (nSPS) is 24.2. The van der Waals surface area contributed by atoms with Crippen LogP contribution in [0, 0.1) is 5.92 Å². The fourth-order valence-corrected chi connectivity index (χ4v) is 6.29. The summed E-state index contributed by atoms with van der Waals surface area (Å²) < 4.78 is 11.6. The van der Waals surface area contributed by atoms with Crippen LogP contribution in [0.15, 0.2) is 59.4 Å². The third-order valence-electron chi connectivity index (χ3n) is 8.12. The van der Waals surface area contributed by atoms with Crippen molar-refractivity contribution in [1.82, 2.24) is 9.80 Å². The third kappa shape index (κ3) is 4.00. The van der Waals surface area contributed by atoms with Gasteiger partial charge in [-0.15, -0.1) is 0 Å². The van der Waals surface area contributed by atoms with E-state index in [2.05, 4.69) is 22.3 Å². The monoisotopic (exact) mass is 471 g/mol. The highest BCUT2D eigenvalue weighted by atomic mass is 16.5. The van der Waals surface area contributed by atoms with Gasteiger partial charge < -0.3 is 19.4 Å². The molecule has 6 heteroatoms. The molecule has 2 bridgehead atoms. The van der Waals surface area contributed by atoms with E-state index in [1.54, 1.807) is 6.26 Å². The van der Waals surface area contributed by atoms with Crippen molar-refractivity contribution in [2.45, 2.75) is 45.1 Å². The van der Waals surface area contributed by atoms with E-state index in [4.69, 9.17) is 9.15 Å². The summed E-state index contributed by atoms with van der Waals surface area (Å²) in [5.74, 6) is 2.55. The summed E-state index contributed by atoms with van der Waals surface area (Å²) in [5.41, 5.74) is 5.11. The van der Waals surface area contributed by atoms with Gasteiger partial charge in [0.25, 0.3) is 5.91 Å². The Balaban J connectivity index is 1.34. The van der Waals surface area contributed by atoms with Gasteiger partial charge in [-0.2, -0.15) is 0 Å².